The van der Waals surface area contributed by atoms with Crippen LogP contribution in [-0.4, -0.2) is 17.4 Å². The van der Waals surface area contributed by atoms with E-state index in [-0.39, 0.29) is 22.1 Å². The molecule has 1 atom stereocenters. The average molecular weight is 270 g/mol. The van der Waals surface area contributed by atoms with E-state index in [0.29, 0.717) is 24.3 Å². The number of nitrogens with two attached hydrogens (primary N) is 1. The molecule has 1 aromatic rings. The Hall–Kier alpha value is -1.44. The van der Waals surface area contributed by atoms with Crippen LogP contribution in [0.15, 0.2) is 6.07 Å². The minimum atomic E-state index is -0.117. The van der Waals surface area contributed by atoms with Crippen molar-refractivity contribution >= 4 is 40.5 Å². The van der Waals surface area contributed by atoms with E-state index in [1.54, 1.807) is 0 Å². The lowest BCUT2D eigenvalue weighted by atomic mass is 10.1. The summed E-state index contributed by atoms with van der Waals surface area (Å²) in [6.45, 7) is 0.405. The number of pyridine rings is 1. The molecule has 0 spiro atoms. The third kappa shape index (κ3) is 2.17. The highest BCUT2D eigenvalue weighted by molar-refractivity contribution is 6.35. The maximum absolute atomic E-state index is 11.8. The van der Waals surface area contributed by atoms with Gasteiger partial charge in [-0.3, -0.25) is 4.79 Å². The number of hydrogen-bond donors (Lipinski definition) is 1. The van der Waals surface area contributed by atoms with Crippen molar-refractivity contribution in [1.29, 1.82) is 0 Å². The summed E-state index contributed by atoms with van der Waals surface area (Å²) in [7, 11) is 0. The summed E-state index contributed by atoms with van der Waals surface area (Å²) >= 11 is 11.7. The molecule has 2 heterocycles. The molecule has 0 saturated carbocycles. The second-order valence-corrected chi connectivity index (χ2v) is 4.49. The SMILES string of the molecule is C#CC1CC(=O)N(c2c(N)cc(Cl)nc2Cl)C1. The molecule has 4 nitrogen and oxygen atoms in total. The van der Waals surface area contributed by atoms with Gasteiger partial charge in [0.15, 0.2) is 5.15 Å². The van der Waals surface area contributed by atoms with Crippen LogP contribution in [0.1, 0.15) is 6.42 Å². The Balaban J connectivity index is 2.42. The van der Waals surface area contributed by atoms with Gasteiger partial charge in [0.25, 0.3) is 0 Å². The number of halogens is 2. The Kier molecular flexibility index (Phi) is 3.14. The maximum Gasteiger partial charge on any atom is 0.228 e. The molecular formula is C11H9Cl2N3O. The van der Waals surface area contributed by atoms with Crippen LogP contribution in [0.3, 0.4) is 0 Å². The summed E-state index contributed by atoms with van der Waals surface area (Å²) in [6, 6.07) is 1.46. The van der Waals surface area contributed by atoms with Gasteiger partial charge in [0.05, 0.1) is 5.69 Å². The summed E-state index contributed by atoms with van der Waals surface area (Å²) in [5, 5.41) is 0.303. The Bertz CT molecular complexity index is 501. The zero-order valence-electron chi connectivity index (χ0n) is 8.78. The predicted molar refractivity (Wildman–Crippen MR) is 68.0 cm³/mol. The first-order chi connectivity index (χ1) is 8.02. The van der Waals surface area contributed by atoms with E-state index in [9.17, 15) is 4.79 Å². The first-order valence-electron chi connectivity index (χ1n) is 4.91. The van der Waals surface area contributed by atoms with Gasteiger partial charge in [0.2, 0.25) is 5.91 Å². The largest absolute Gasteiger partial charge is 0.397 e. The number of amides is 1. The van der Waals surface area contributed by atoms with Crippen LogP contribution in [0, 0.1) is 18.3 Å². The van der Waals surface area contributed by atoms with E-state index in [0.717, 1.165) is 0 Å². The normalized spacial score (nSPS) is 19.5. The molecule has 0 bridgehead atoms. The lowest BCUT2D eigenvalue weighted by Crippen LogP contribution is -2.26. The van der Waals surface area contributed by atoms with E-state index >= 15 is 0 Å². The molecule has 1 aromatic heterocycles. The van der Waals surface area contributed by atoms with Gasteiger partial charge in [-0.05, 0) is 0 Å². The molecular weight excluding hydrogens is 261 g/mol. The second kappa shape index (κ2) is 4.44. The first kappa shape index (κ1) is 12.0. The van der Waals surface area contributed by atoms with Gasteiger partial charge in [0, 0.05) is 24.9 Å². The molecule has 2 N–H and O–H groups in total. The van der Waals surface area contributed by atoms with Crippen molar-refractivity contribution in [3.05, 3.63) is 16.4 Å². The number of anilines is 2. The standard InChI is InChI=1S/C11H9Cl2N3O/c1-2-6-3-9(17)16(5-6)10-7(14)4-8(12)15-11(10)13/h1,4,6H,3,5H2,(H2,14,15). The summed E-state index contributed by atoms with van der Waals surface area (Å²) in [5.41, 5.74) is 6.50. The molecule has 0 aliphatic carbocycles. The van der Waals surface area contributed by atoms with Crippen molar-refractivity contribution < 1.29 is 4.79 Å². The van der Waals surface area contributed by atoms with Crippen LogP contribution in [0.25, 0.3) is 0 Å². The number of aromatic nitrogens is 1. The molecule has 88 valence electrons. The van der Waals surface area contributed by atoms with Crippen molar-refractivity contribution in [1.82, 2.24) is 4.98 Å². The van der Waals surface area contributed by atoms with E-state index in [4.69, 9.17) is 35.4 Å². The fourth-order valence-electron chi connectivity index (χ4n) is 1.80. The average Bonchev–Trinajstić information content (AvgIpc) is 2.59. The lowest BCUT2D eigenvalue weighted by Gasteiger charge is -2.19. The molecule has 1 aliphatic rings. The van der Waals surface area contributed by atoms with Crippen LogP contribution >= 0.6 is 23.2 Å². The molecule has 1 aliphatic heterocycles. The van der Waals surface area contributed by atoms with Gasteiger partial charge in [0.1, 0.15) is 10.8 Å². The molecule has 1 fully saturated rings. The van der Waals surface area contributed by atoms with E-state index in [1.165, 1.54) is 11.0 Å². The van der Waals surface area contributed by atoms with Crippen molar-refractivity contribution in [3.63, 3.8) is 0 Å². The maximum atomic E-state index is 11.8. The minimum absolute atomic E-state index is 0.106. The molecule has 1 saturated heterocycles. The molecule has 17 heavy (non-hydrogen) atoms. The third-order valence-electron chi connectivity index (χ3n) is 2.58. The topological polar surface area (TPSA) is 59.2 Å². The molecule has 1 unspecified atom stereocenters. The number of carbonyl (C=O) groups is 1. The number of nitrogen functional groups attached to an aromatic ring is 1. The zero-order valence-corrected chi connectivity index (χ0v) is 10.3. The number of rotatable bonds is 1. The van der Waals surface area contributed by atoms with Gasteiger partial charge in [-0.25, -0.2) is 4.98 Å². The van der Waals surface area contributed by atoms with Crippen LogP contribution in [-0.2, 0) is 4.79 Å². The Labute approximate surface area is 109 Å². The van der Waals surface area contributed by atoms with Gasteiger partial charge in [-0.1, -0.05) is 23.2 Å². The molecule has 1 amide bonds. The minimum Gasteiger partial charge on any atom is -0.397 e. The number of nitrogens with zero attached hydrogens (tertiary/aromatic N) is 2. The third-order valence-corrected chi connectivity index (χ3v) is 3.04. The van der Waals surface area contributed by atoms with Crippen molar-refractivity contribution in [3.8, 4) is 12.3 Å². The highest BCUT2D eigenvalue weighted by atomic mass is 35.5. The van der Waals surface area contributed by atoms with Crippen LogP contribution < -0.4 is 10.6 Å². The lowest BCUT2D eigenvalue weighted by molar-refractivity contribution is -0.117. The van der Waals surface area contributed by atoms with Crippen LogP contribution in [0.2, 0.25) is 10.3 Å². The summed E-state index contributed by atoms with van der Waals surface area (Å²) in [5.74, 6) is 2.33. The fourth-order valence-corrected chi connectivity index (χ4v) is 2.34. The quantitative estimate of drug-likeness (QED) is 0.626. The monoisotopic (exact) mass is 269 g/mol. The van der Waals surface area contributed by atoms with Gasteiger partial charge < -0.3 is 10.6 Å². The van der Waals surface area contributed by atoms with E-state index < -0.39 is 0 Å². The Morgan fingerprint density at radius 2 is 2.29 bits per heavy atom. The smallest absolute Gasteiger partial charge is 0.228 e. The van der Waals surface area contributed by atoms with Crippen molar-refractivity contribution in [2.75, 3.05) is 17.2 Å². The Morgan fingerprint density at radius 1 is 1.59 bits per heavy atom. The predicted octanol–water partition coefficient (Wildman–Crippen LogP) is 1.96. The Morgan fingerprint density at radius 3 is 2.82 bits per heavy atom. The zero-order chi connectivity index (χ0) is 12.6. The van der Waals surface area contributed by atoms with E-state index in [2.05, 4.69) is 10.9 Å². The van der Waals surface area contributed by atoms with Crippen LogP contribution in [0.5, 0.6) is 0 Å². The van der Waals surface area contributed by atoms with E-state index in [1.807, 2.05) is 0 Å². The van der Waals surface area contributed by atoms with Crippen LogP contribution in [0.4, 0.5) is 11.4 Å². The van der Waals surface area contributed by atoms with Gasteiger partial charge in [-0.15, -0.1) is 12.3 Å². The number of terminal acetylenes is 1. The highest BCUT2D eigenvalue weighted by Gasteiger charge is 2.32. The highest BCUT2D eigenvalue weighted by Crippen LogP contribution is 2.36. The van der Waals surface area contributed by atoms with Crippen molar-refractivity contribution in [2.45, 2.75) is 6.42 Å². The molecule has 2 rings (SSSR count). The molecule has 6 heteroatoms. The first-order valence-corrected chi connectivity index (χ1v) is 5.66. The summed E-state index contributed by atoms with van der Waals surface area (Å²) in [6.07, 6.45) is 5.61. The summed E-state index contributed by atoms with van der Waals surface area (Å²) in [4.78, 5) is 17.1. The summed E-state index contributed by atoms with van der Waals surface area (Å²) < 4.78 is 0. The van der Waals surface area contributed by atoms with Gasteiger partial charge >= 0.3 is 0 Å². The van der Waals surface area contributed by atoms with Gasteiger partial charge in [-0.2, -0.15) is 0 Å². The number of carbonyl (C=O) groups excluding carboxylic acids is 1. The van der Waals surface area contributed by atoms with Crippen molar-refractivity contribution in [2.24, 2.45) is 5.92 Å². The fraction of sp³-hybridized carbons (Fsp3) is 0.273. The second-order valence-electron chi connectivity index (χ2n) is 3.75. The molecule has 0 radical (unpaired) electrons. The number of hydrogen-bond acceptors (Lipinski definition) is 3. The molecule has 0 aromatic carbocycles.